The molecule has 70 valence electrons. The van der Waals surface area contributed by atoms with E-state index in [0.717, 1.165) is 0 Å². The fourth-order valence-electron chi connectivity index (χ4n) is 0.984. The Kier molecular flexibility index (Phi) is 2.69. The molecule has 1 aromatic rings. The van der Waals surface area contributed by atoms with Gasteiger partial charge in [-0.1, -0.05) is 0 Å². The lowest BCUT2D eigenvalue weighted by Crippen LogP contribution is -1.97. The second-order valence-corrected chi connectivity index (χ2v) is 2.49. The summed E-state index contributed by atoms with van der Waals surface area (Å²) in [7, 11) is 0. The molecule has 0 spiro atoms. The van der Waals surface area contributed by atoms with Gasteiger partial charge in [0.25, 0.3) is 0 Å². The van der Waals surface area contributed by atoms with Crippen LogP contribution in [-0.2, 0) is 0 Å². The maximum absolute atomic E-state index is 10.4. The van der Waals surface area contributed by atoms with Crippen molar-refractivity contribution in [3.63, 3.8) is 0 Å². The lowest BCUT2D eigenvalue weighted by Gasteiger charge is -2.02. The molecule has 0 heterocycles. The van der Waals surface area contributed by atoms with Gasteiger partial charge in [0.1, 0.15) is 0 Å². The van der Waals surface area contributed by atoms with Gasteiger partial charge in [0.05, 0.1) is 4.92 Å². The van der Waals surface area contributed by atoms with Crippen molar-refractivity contribution in [1.29, 1.82) is 0 Å². The van der Waals surface area contributed by atoms with E-state index in [9.17, 15) is 10.1 Å². The van der Waals surface area contributed by atoms with Gasteiger partial charge in [0.2, 0.25) is 0 Å². The molecule has 0 fully saturated rings. The number of hydrogen-bond acceptors (Lipinski definition) is 4. The molecule has 0 aromatic heterocycles. The van der Waals surface area contributed by atoms with E-state index in [1.807, 2.05) is 6.92 Å². The van der Waals surface area contributed by atoms with Gasteiger partial charge in [-0.25, -0.2) is 0 Å². The zero-order chi connectivity index (χ0) is 9.84. The molecule has 5 nitrogen and oxygen atoms in total. The second-order valence-electron chi connectivity index (χ2n) is 2.49. The first kappa shape index (κ1) is 9.31. The van der Waals surface area contributed by atoms with E-state index < -0.39 is 4.92 Å². The first-order valence-corrected chi connectivity index (χ1v) is 3.86. The van der Waals surface area contributed by atoms with E-state index in [4.69, 9.17) is 5.11 Å². The Hall–Kier alpha value is -1.78. The Morgan fingerprint density at radius 3 is 2.85 bits per heavy atom. The van der Waals surface area contributed by atoms with E-state index in [2.05, 4.69) is 5.32 Å². The maximum atomic E-state index is 10.4. The van der Waals surface area contributed by atoms with Crippen molar-refractivity contribution in [3.8, 4) is 5.75 Å². The predicted molar refractivity (Wildman–Crippen MR) is 48.9 cm³/mol. The Labute approximate surface area is 75.2 Å². The predicted octanol–water partition coefficient (Wildman–Crippen LogP) is 1.73. The molecule has 0 saturated carbocycles. The van der Waals surface area contributed by atoms with Crippen LogP contribution in [0.2, 0.25) is 0 Å². The highest BCUT2D eigenvalue weighted by molar-refractivity contribution is 5.57. The van der Waals surface area contributed by atoms with Crippen LogP contribution < -0.4 is 5.32 Å². The van der Waals surface area contributed by atoms with Crippen LogP contribution in [0.3, 0.4) is 0 Å². The maximum Gasteiger partial charge on any atom is 0.312 e. The van der Waals surface area contributed by atoms with Crippen LogP contribution in [0.5, 0.6) is 5.75 Å². The summed E-state index contributed by atoms with van der Waals surface area (Å²) in [5.74, 6) is -0.313. The van der Waals surface area contributed by atoms with Crippen LogP contribution >= 0.6 is 0 Å². The molecular formula is C8H10N2O3. The van der Waals surface area contributed by atoms with Crippen LogP contribution in [0.1, 0.15) is 6.92 Å². The minimum atomic E-state index is -0.615. The van der Waals surface area contributed by atoms with E-state index in [1.165, 1.54) is 12.1 Å². The summed E-state index contributed by atoms with van der Waals surface area (Å²) in [6.45, 7) is 2.57. The third kappa shape index (κ3) is 2.08. The smallest absolute Gasteiger partial charge is 0.312 e. The molecule has 0 aliphatic rings. The lowest BCUT2D eigenvalue weighted by atomic mass is 10.2. The Balaban J connectivity index is 3.04. The van der Waals surface area contributed by atoms with Crippen LogP contribution in [0.4, 0.5) is 11.4 Å². The van der Waals surface area contributed by atoms with Gasteiger partial charge in [-0.2, -0.15) is 0 Å². The van der Waals surface area contributed by atoms with Crippen molar-refractivity contribution < 1.29 is 10.0 Å². The molecule has 1 aromatic carbocycles. The quantitative estimate of drug-likeness (QED) is 0.424. The average Bonchev–Trinajstić information content (AvgIpc) is 2.08. The summed E-state index contributed by atoms with van der Waals surface area (Å²) in [5.41, 5.74) is 0.352. The highest BCUT2D eigenvalue weighted by Crippen LogP contribution is 2.28. The van der Waals surface area contributed by atoms with Crippen LogP contribution in [0, 0.1) is 10.1 Å². The monoisotopic (exact) mass is 182 g/mol. The molecule has 0 unspecified atom stereocenters. The molecular weight excluding hydrogens is 172 g/mol. The number of phenolic OH excluding ortho intramolecular Hbond substituents is 1. The van der Waals surface area contributed by atoms with Gasteiger partial charge in [0, 0.05) is 18.3 Å². The van der Waals surface area contributed by atoms with Gasteiger partial charge < -0.3 is 10.4 Å². The van der Waals surface area contributed by atoms with Crippen LogP contribution in [0.15, 0.2) is 18.2 Å². The van der Waals surface area contributed by atoms with Gasteiger partial charge in [-0.3, -0.25) is 10.1 Å². The second kappa shape index (κ2) is 3.75. The number of phenols is 1. The average molecular weight is 182 g/mol. The summed E-state index contributed by atoms with van der Waals surface area (Å²) in [6, 6.07) is 4.20. The first-order chi connectivity index (χ1) is 6.15. The standard InChI is InChI=1S/C8H10N2O3/c1-2-9-6-3-4-8(11)7(5-6)10(12)13/h3-5,9,11H,2H2,1H3. The number of rotatable bonds is 3. The lowest BCUT2D eigenvalue weighted by molar-refractivity contribution is -0.385. The molecule has 0 aliphatic heterocycles. The van der Waals surface area contributed by atoms with Gasteiger partial charge >= 0.3 is 5.69 Å². The molecule has 0 atom stereocenters. The number of benzene rings is 1. The summed E-state index contributed by atoms with van der Waals surface area (Å²) < 4.78 is 0. The highest BCUT2D eigenvalue weighted by atomic mass is 16.6. The fraction of sp³-hybridized carbons (Fsp3) is 0.250. The summed E-state index contributed by atoms with van der Waals surface area (Å²) in [4.78, 5) is 9.78. The van der Waals surface area contributed by atoms with Crippen molar-refractivity contribution in [2.45, 2.75) is 6.92 Å². The number of nitrogens with zero attached hydrogens (tertiary/aromatic N) is 1. The van der Waals surface area contributed by atoms with E-state index >= 15 is 0 Å². The third-order valence-corrected chi connectivity index (χ3v) is 1.55. The van der Waals surface area contributed by atoms with Crippen molar-refractivity contribution in [2.75, 3.05) is 11.9 Å². The van der Waals surface area contributed by atoms with Crippen molar-refractivity contribution in [3.05, 3.63) is 28.3 Å². The van der Waals surface area contributed by atoms with Crippen LogP contribution in [0.25, 0.3) is 0 Å². The van der Waals surface area contributed by atoms with Gasteiger partial charge in [-0.15, -0.1) is 0 Å². The molecule has 0 amide bonds. The first-order valence-electron chi connectivity index (χ1n) is 3.86. The molecule has 2 N–H and O–H groups in total. The Morgan fingerprint density at radius 1 is 1.62 bits per heavy atom. The summed E-state index contributed by atoms with van der Waals surface area (Å²) in [5, 5.41) is 22.4. The number of nitro benzene ring substituents is 1. The molecule has 0 aliphatic carbocycles. The van der Waals surface area contributed by atoms with E-state index in [-0.39, 0.29) is 11.4 Å². The topological polar surface area (TPSA) is 75.4 Å². The molecule has 0 radical (unpaired) electrons. The van der Waals surface area contributed by atoms with E-state index in [1.54, 1.807) is 6.07 Å². The minimum Gasteiger partial charge on any atom is -0.502 e. The Bertz CT molecular complexity index is 325. The number of anilines is 1. The zero-order valence-electron chi connectivity index (χ0n) is 7.15. The van der Waals surface area contributed by atoms with Crippen molar-refractivity contribution in [2.24, 2.45) is 0 Å². The van der Waals surface area contributed by atoms with E-state index in [0.29, 0.717) is 12.2 Å². The van der Waals surface area contributed by atoms with Crippen molar-refractivity contribution >= 4 is 11.4 Å². The SMILES string of the molecule is CCNc1ccc(O)c([N+](=O)[O-])c1. The van der Waals surface area contributed by atoms with Crippen LogP contribution in [-0.4, -0.2) is 16.6 Å². The fourth-order valence-corrected chi connectivity index (χ4v) is 0.984. The Morgan fingerprint density at radius 2 is 2.31 bits per heavy atom. The third-order valence-electron chi connectivity index (χ3n) is 1.55. The molecule has 0 saturated heterocycles. The van der Waals surface area contributed by atoms with Gasteiger partial charge in [-0.05, 0) is 19.1 Å². The molecule has 1 rings (SSSR count). The molecule has 5 heteroatoms. The number of nitro groups is 1. The minimum absolute atomic E-state index is 0.279. The highest BCUT2D eigenvalue weighted by Gasteiger charge is 2.12. The normalized spacial score (nSPS) is 9.62. The summed E-state index contributed by atoms with van der Waals surface area (Å²) >= 11 is 0. The summed E-state index contributed by atoms with van der Waals surface area (Å²) in [6.07, 6.45) is 0. The molecule has 13 heavy (non-hydrogen) atoms. The number of nitrogens with one attached hydrogen (secondary N) is 1. The molecule has 0 bridgehead atoms. The van der Waals surface area contributed by atoms with Crippen molar-refractivity contribution in [1.82, 2.24) is 0 Å². The number of aromatic hydroxyl groups is 1. The van der Waals surface area contributed by atoms with Gasteiger partial charge in [0.15, 0.2) is 5.75 Å². The zero-order valence-corrected chi connectivity index (χ0v) is 7.15. The number of hydrogen-bond donors (Lipinski definition) is 2. The largest absolute Gasteiger partial charge is 0.502 e.